The molecule has 0 aromatic heterocycles. The third kappa shape index (κ3) is 6.21. The molecular weight excluding hydrogens is 604 g/mol. The largest absolute Gasteiger partial charge is 0.508 e. The molecule has 3 saturated carbocycles. The van der Waals surface area contributed by atoms with E-state index < -0.39 is 5.41 Å². The number of phenols is 4. The number of aryl methyl sites for hydroxylation is 2. The van der Waals surface area contributed by atoms with Crippen LogP contribution in [0.3, 0.4) is 0 Å². The fourth-order valence-corrected chi connectivity index (χ4v) is 9.78. The van der Waals surface area contributed by atoms with E-state index in [0.29, 0.717) is 23.2 Å². The van der Waals surface area contributed by atoms with E-state index in [1.54, 1.807) is 12.1 Å². The van der Waals surface area contributed by atoms with Gasteiger partial charge in [0.2, 0.25) is 0 Å². The van der Waals surface area contributed by atoms with Crippen LogP contribution >= 0.6 is 0 Å². The molecule has 4 nitrogen and oxygen atoms in total. The quantitative estimate of drug-likeness (QED) is 0.149. The predicted molar refractivity (Wildman–Crippen MR) is 198 cm³/mol. The zero-order chi connectivity index (χ0) is 34.1. The first kappa shape index (κ1) is 33.6. The fraction of sp³-hybridized carbons (Fsp3) is 0.467. The van der Waals surface area contributed by atoms with Crippen LogP contribution in [0.15, 0.2) is 66.7 Å². The van der Waals surface area contributed by atoms with Gasteiger partial charge in [0.05, 0.1) is 5.41 Å². The van der Waals surface area contributed by atoms with Crippen molar-refractivity contribution in [2.75, 3.05) is 0 Å². The summed E-state index contributed by atoms with van der Waals surface area (Å²) >= 11 is 0. The highest BCUT2D eigenvalue weighted by Crippen LogP contribution is 2.54. The Hall–Kier alpha value is -3.92. The van der Waals surface area contributed by atoms with Gasteiger partial charge in [-0.3, -0.25) is 0 Å². The summed E-state index contributed by atoms with van der Waals surface area (Å²) in [6.45, 7) is 4.00. The molecule has 258 valence electrons. The van der Waals surface area contributed by atoms with Crippen LogP contribution in [0, 0.1) is 13.8 Å². The van der Waals surface area contributed by atoms with Crippen molar-refractivity contribution in [3.05, 3.63) is 117 Å². The van der Waals surface area contributed by atoms with Gasteiger partial charge >= 0.3 is 0 Å². The van der Waals surface area contributed by atoms with Gasteiger partial charge in [-0.15, -0.1) is 0 Å². The van der Waals surface area contributed by atoms with Gasteiger partial charge in [0.25, 0.3) is 0 Å². The van der Waals surface area contributed by atoms with E-state index in [1.165, 1.54) is 32.1 Å². The minimum absolute atomic E-state index is 0.187. The lowest BCUT2D eigenvalue weighted by Gasteiger charge is -2.40. The molecule has 4 heteroatoms. The van der Waals surface area contributed by atoms with E-state index >= 15 is 0 Å². The van der Waals surface area contributed by atoms with Gasteiger partial charge in [0.15, 0.2) is 0 Å². The van der Waals surface area contributed by atoms with Crippen LogP contribution in [0.25, 0.3) is 0 Å². The van der Waals surface area contributed by atoms with Gasteiger partial charge in [-0.25, -0.2) is 0 Å². The summed E-state index contributed by atoms with van der Waals surface area (Å²) in [5.74, 6) is 2.10. The Kier molecular flexibility index (Phi) is 9.68. The fourth-order valence-electron chi connectivity index (χ4n) is 9.78. The lowest BCUT2D eigenvalue weighted by Crippen LogP contribution is -2.32. The average Bonchev–Trinajstić information content (AvgIpc) is 3.13. The van der Waals surface area contributed by atoms with E-state index in [0.717, 1.165) is 114 Å². The molecule has 49 heavy (non-hydrogen) atoms. The smallest absolute Gasteiger partial charge is 0.123 e. The van der Waals surface area contributed by atoms with Crippen molar-refractivity contribution in [2.45, 2.75) is 133 Å². The molecule has 7 rings (SSSR count). The molecule has 3 fully saturated rings. The number of hydrogen-bond donors (Lipinski definition) is 4. The lowest BCUT2D eigenvalue weighted by atomic mass is 9.62. The number of para-hydroxylation sites is 1. The summed E-state index contributed by atoms with van der Waals surface area (Å²) in [7, 11) is 0. The zero-order valence-electron chi connectivity index (χ0n) is 29.5. The maximum absolute atomic E-state index is 12.7. The van der Waals surface area contributed by atoms with E-state index in [9.17, 15) is 20.4 Å². The number of rotatable bonds is 7. The average molecular weight is 659 g/mol. The third-order valence-electron chi connectivity index (χ3n) is 12.4. The normalized spacial score (nSPS) is 18.5. The lowest BCUT2D eigenvalue weighted by molar-refractivity contribution is 0.406. The third-order valence-corrected chi connectivity index (χ3v) is 12.4. The molecule has 0 heterocycles. The first-order chi connectivity index (χ1) is 23.8. The maximum Gasteiger partial charge on any atom is 0.123 e. The van der Waals surface area contributed by atoms with Crippen molar-refractivity contribution >= 4 is 0 Å². The van der Waals surface area contributed by atoms with Crippen LogP contribution in [0.2, 0.25) is 0 Å². The molecule has 0 atom stereocenters. The minimum atomic E-state index is -0.994. The zero-order valence-corrected chi connectivity index (χ0v) is 29.5. The molecule has 0 aliphatic heterocycles. The van der Waals surface area contributed by atoms with Crippen molar-refractivity contribution in [3.8, 4) is 23.0 Å². The van der Waals surface area contributed by atoms with E-state index in [4.69, 9.17) is 0 Å². The Morgan fingerprint density at radius 3 is 1.33 bits per heavy atom. The van der Waals surface area contributed by atoms with Crippen molar-refractivity contribution in [1.82, 2.24) is 0 Å². The molecule has 4 aromatic rings. The number of hydrogen-bond acceptors (Lipinski definition) is 4. The maximum atomic E-state index is 12.7. The van der Waals surface area contributed by atoms with E-state index in [1.807, 2.05) is 26.0 Å². The Labute approximate surface area is 292 Å². The van der Waals surface area contributed by atoms with E-state index in [2.05, 4.69) is 42.5 Å². The molecule has 3 aliphatic carbocycles. The van der Waals surface area contributed by atoms with Crippen LogP contribution in [0.5, 0.6) is 23.0 Å². The Balaban J connectivity index is 1.58. The SMILES string of the molecule is Cc1cc(C(c2ccc(O)cc2)(c2cc(C)c(O)c(C3CCCCC3)c2)c2cccc(C3CCCCC3)c2O)cc(C2CCCCC2)c1O. The summed E-state index contributed by atoms with van der Waals surface area (Å²) in [6.07, 6.45) is 17.0. The molecule has 0 unspecified atom stereocenters. The minimum Gasteiger partial charge on any atom is -0.508 e. The van der Waals surface area contributed by atoms with Crippen LogP contribution in [-0.2, 0) is 5.41 Å². The second-order valence-corrected chi connectivity index (χ2v) is 15.5. The van der Waals surface area contributed by atoms with Crippen LogP contribution in [0.4, 0.5) is 0 Å². The monoisotopic (exact) mass is 658 g/mol. The van der Waals surface area contributed by atoms with Gasteiger partial charge in [0.1, 0.15) is 23.0 Å². The van der Waals surface area contributed by atoms with Crippen molar-refractivity contribution < 1.29 is 20.4 Å². The highest BCUT2D eigenvalue weighted by Gasteiger charge is 2.43. The molecule has 0 saturated heterocycles. The molecule has 0 bridgehead atoms. The van der Waals surface area contributed by atoms with Gasteiger partial charge < -0.3 is 20.4 Å². The van der Waals surface area contributed by atoms with Crippen LogP contribution < -0.4 is 0 Å². The number of benzene rings is 4. The molecule has 4 aromatic carbocycles. The topological polar surface area (TPSA) is 80.9 Å². The summed E-state index contributed by atoms with van der Waals surface area (Å²) in [4.78, 5) is 0. The Bertz CT molecular complexity index is 1700. The molecular formula is C45H54O4. The Morgan fingerprint density at radius 2 is 0.878 bits per heavy atom. The molecule has 4 N–H and O–H groups in total. The predicted octanol–water partition coefficient (Wildman–Crippen LogP) is 11.7. The van der Waals surface area contributed by atoms with Crippen molar-refractivity contribution in [2.24, 2.45) is 0 Å². The van der Waals surface area contributed by atoms with Gasteiger partial charge in [-0.1, -0.05) is 112 Å². The van der Waals surface area contributed by atoms with Crippen molar-refractivity contribution in [1.29, 1.82) is 0 Å². The second-order valence-electron chi connectivity index (χ2n) is 15.5. The molecule has 0 spiro atoms. The summed E-state index contributed by atoms with van der Waals surface area (Å²) in [5.41, 5.74) is 7.36. The standard InChI is InChI=1S/C45H54O4/c1-29-25-35(27-39(42(29)47)32-15-8-4-9-16-32)45(34-21-23-37(46)24-22-34,41-20-12-19-38(44(41)49)31-13-6-3-7-14-31)36-26-30(2)43(48)40(28-36)33-17-10-5-11-18-33/h12,19-28,31-33,46-49H,3-11,13-18H2,1-2H3. The number of phenolic OH excluding ortho intramolecular Hbond substituents is 4. The van der Waals surface area contributed by atoms with E-state index in [-0.39, 0.29) is 17.6 Å². The summed E-state index contributed by atoms with van der Waals surface area (Å²) < 4.78 is 0. The summed E-state index contributed by atoms with van der Waals surface area (Å²) in [6, 6.07) is 22.5. The molecule has 0 radical (unpaired) electrons. The second kappa shape index (κ2) is 14.1. The van der Waals surface area contributed by atoms with Gasteiger partial charge in [-0.05, 0) is 127 Å². The van der Waals surface area contributed by atoms with Crippen LogP contribution in [-0.4, -0.2) is 20.4 Å². The first-order valence-corrected chi connectivity index (χ1v) is 19.1. The first-order valence-electron chi connectivity index (χ1n) is 19.1. The van der Waals surface area contributed by atoms with Crippen LogP contribution in [0.1, 0.15) is 164 Å². The highest BCUT2D eigenvalue weighted by atomic mass is 16.3. The number of aromatic hydroxyl groups is 4. The summed E-state index contributed by atoms with van der Waals surface area (Å²) in [5, 5.41) is 46.5. The molecule has 0 amide bonds. The van der Waals surface area contributed by atoms with Gasteiger partial charge in [-0.2, -0.15) is 0 Å². The van der Waals surface area contributed by atoms with Gasteiger partial charge in [0, 0.05) is 5.56 Å². The molecule has 3 aliphatic rings. The Morgan fingerprint density at radius 1 is 0.449 bits per heavy atom. The highest BCUT2D eigenvalue weighted by molar-refractivity contribution is 5.68. The van der Waals surface area contributed by atoms with Crippen molar-refractivity contribution in [3.63, 3.8) is 0 Å².